The van der Waals surface area contributed by atoms with E-state index in [0.29, 0.717) is 5.92 Å². The Hall–Kier alpha value is -2.21. The van der Waals surface area contributed by atoms with Gasteiger partial charge < -0.3 is 9.51 Å². The van der Waals surface area contributed by atoms with E-state index in [9.17, 15) is 4.39 Å². The van der Waals surface area contributed by atoms with E-state index in [0.717, 1.165) is 54.2 Å². The van der Waals surface area contributed by atoms with Gasteiger partial charge in [0.15, 0.2) is 0 Å². The fraction of sp³-hybridized carbons (Fsp3) is 0.444. The molecule has 6 heteroatoms. The van der Waals surface area contributed by atoms with Crippen molar-refractivity contribution in [2.45, 2.75) is 45.2 Å². The highest BCUT2D eigenvalue weighted by Crippen LogP contribution is 2.33. The molecule has 0 aliphatic carbocycles. The number of H-pyrrole nitrogens is 1. The summed E-state index contributed by atoms with van der Waals surface area (Å²) in [6, 6.07) is 6.91. The van der Waals surface area contributed by atoms with Crippen LogP contribution in [0.5, 0.6) is 0 Å². The maximum Gasteiger partial charge on any atom is 0.139 e. The van der Waals surface area contributed by atoms with Gasteiger partial charge in [0.2, 0.25) is 0 Å². The molecule has 1 aromatic carbocycles. The molecule has 0 bridgehead atoms. The van der Waals surface area contributed by atoms with Crippen LogP contribution in [0.4, 0.5) is 4.39 Å². The van der Waals surface area contributed by atoms with Crippen LogP contribution in [0.15, 0.2) is 28.8 Å². The lowest BCUT2D eigenvalue weighted by atomic mass is 10.1. The summed E-state index contributed by atoms with van der Waals surface area (Å²) in [4.78, 5) is 10.3. The molecule has 1 fully saturated rings. The van der Waals surface area contributed by atoms with Crippen molar-refractivity contribution >= 4 is 11.0 Å². The van der Waals surface area contributed by atoms with Crippen molar-refractivity contribution in [2.24, 2.45) is 0 Å². The molecule has 1 atom stereocenters. The zero-order valence-corrected chi connectivity index (χ0v) is 13.9. The fourth-order valence-electron chi connectivity index (χ4n) is 3.37. The summed E-state index contributed by atoms with van der Waals surface area (Å²) in [5, 5.41) is 4.19. The summed E-state index contributed by atoms with van der Waals surface area (Å²) < 4.78 is 18.8. The minimum absolute atomic E-state index is 0.208. The molecule has 1 aliphatic rings. The number of aromatic nitrogens is 3. The van der Waals surface area contributed by atoms with Gasteiger partial charge in [-0.25, -0.2) is 9.37 Å². The molecular weight excluding hydrogens is 307 g/mol. The zero-order valence-electron chi connectivity index (χ0n) is 13.9. The highest BCUT2D eigenvalue weighted by molar-refractivity contribution is 5.75. The number of likely N-dealkylation sites (tertiary alicyclic amines) is 1. The quantitative estimate of drug-likeness (QED) is 0.781. The number of imidazole rings is 1. The molecule has 1 N–H and O–H groups in total. The van der Waals surface area contributed by atoms with E-state index >= 15 is 0 Å². The zero-order chi connectivity index (χ0) is 16.7. The predicted molar refractivity (Wildman–Crippen MR) is 89.0 cm³/mol. The van der Waals surface area contributed by atoms with Gasteiger partial charge in [-0.05, 0) is 37.6 Å². The van der Waals surface area contributed by atoms with E-state index < -0.39 is 0 Å². The van der Waals surface area contributed by atoms with Crippen LogP contribution < -0.4 is 0 Å². The normalized spacial score (nSPS) is 18.9. The maximum atomic E-state index is 13.4. The lowest BCUT2D eigenvalue weighted by Gasteiger charge is -2.21. The first-order valence-electron chi connectivity index (χ1n) is 8.45. The molecule has 2 aromatic heterocycles. The second-order valence-electron chi connectivity index (χ2n) is 6.79. The molecule has 0 spiro atoms. The van der Waals surface area contributed by atoms with Gasteiger partial charge in [-0.1, -0.05) is 19.0 Å². The fourth-order valence-corrected chi connectivity index (χ4v) is 3.37. The third-order valence-electron chi connectivity index (χ3n) is 4.65. The summed E-state index contributed by atoms with van der Waals surface area (Å²) in [6.45, 7) is 5.93. The average Bonchev–Trinajstić information content (AvgIpc) is 3.25. The number of halogens is 1. The van der Waals surface area contributed by atoms with Gasteiger partial charge in [0, 0.05) is 18.5 Å². The molecule has 1 aliphatic heterocycles. The number of fused-ring (bicyclic) bond motifs is 1. The Bertz CT molecular complexity index is 854. The molecule has 24 heavy (non-hydrogen) atoms. The number of aromatic amines is 1. The first kappa shape index (κ1) is 15.3. The summed E-state index contributed by atoms with van der Waals surface area (Å²) in [5.74, 6) is 1.91. The lowest BCUT2D eigenvalue weighted by Crippen LogP contribution is -2.23. The minimum atomic E-state index is -0.246. The Morgan fingerprint density at radius 3 is 3.04 bits per heavy atom. The van der Waals surface area contributed by atoms with Crippen LogP contribution in [0.1, 0.15) is 55.9 Å². The first-order chi connectivity index (χ1) is 11.6. The van der Waals surface area contributed by atoms with Crippen LogP contribution in [0, 0.1) is 5.82 Å². The van der Waals surface area contributed by atoms with Gasteiger partial charge in [0.05, 0.1) is 22.8 Å². The smallest absolute Gasteiger partial charge is 0.139 e. The van der Waals surface area contributed by atoms with E-state index in [1.807, 2.05) is 6.07 Å². The van der Waals surface area contributed by atoms with Gasteiger partial charge in [0.25, 0.3) is 0 Å². The van der Waals surface area contributed by atoms with Gasteiger partial charge in [0.1, 0.15) is 17.4 Å². The molecule has 0 saturated carbocycles. The largest absolute Gasteiger partial charge is 0.361 e. The van der Waals surface area contributed by atoms with Gasteiger partial charge >= 0.3 is 0 Å². The van der Waals surface area contributed by atoms with Crippen LogP contribution in [-0.2, 0) is 6.54 Å². The van der Waals surface area contributed by atoms with Gasteiger partial charge in [-0.15, -0.1) is 0 Å². The number of hydrogen-bond acceptors (Lipinski definition) is 4. The summed E-state index contributed by atoms with van der Waals surface area (Å²) >= 11 is 0. The van der Waals surface area contributed by atoms with Crippen molar-refractivity contribution in [3.05, 3.63) is 47.4 Å². The molecule has 1 saturated heterocycles. The topological polar surface area (TPSA) is 58.0 Å². The van der Waals surface area contributed by atoms with Crippen molar-refractivity contribution in [2.75, 3.05) is 6.54 Å². The van der Waals surface area contributed by atoms with Crippen molar-refractivity contribution in [3.8, 4) is 0 Å². The number of rotatable bonds is 4. The molecule has 126 valence electrons. The molecule has 3 aromatic rings. The van der Waals surface area contributed by atoms with Crippen molar-refractivity contribution in [1.29, 1.82) is 0 Å². The molecule has 5 nitrogen and oxygen atoms in total. The predicted octanol–water partition coefficient (Wildman–Crippen LogP) is 4.15. The number of nitrogens with zero attached hydrogens (tertiary/aromatic N) is 3. The average molecular weight is 328 g/mol. The van der Waals surface area contributed by atoms with E-state index in [1.54, 1.807) is 6.07 Å². The SMILES string of the molecule is CC(C)c1cc(CN2CCC[C@H]2c2nc3ccc(F)cc3[nH]2)no1. The molecular formula is C18H21FN4O. The number of hydrogen-bond donors (Lipinski definition) is 1. The van der Waals surface area contributed by atoms with Crippen molar-refractivity contribution < 1.29 is 8.91 Å². The standard InChI is InChI=1S/C18H21FN4O/c1-11(2)17-9-13(22-24-17)10-23-7-3-4-16(23)18-20-14-6-5-12(19)8-15(14)21-18/h5-6,8-9,11,16H,3-4,7,10H2,1-2H3,(H,20,21)/t16-/m0/s1. The molecule has 0 radical (unpaired) electrons. The van der Waals surface area contributed by atoms with Gasteiger partial charge in [-0.2, -0.15) is 0 Å². The molecule has 0 unspecified atom stereocenters. The van der Waals surface area contributed by atoms with Crippen LogP contribution in [-0.4, -0.2) is 26.6 Å². The summed E-state index contributed by atoms with van der Waals surface area (Å²) in [7, 11) is 0. The molecule has 0 amide bonds. The Balaban J connectivity index is 1.56. The molecule has 4 rings (SSSR count). The third kappa shape index (κ3) is 2.82. The Labute approximate surface area is 139 Å². The van der Waals surface area contributed by atoms with Crippen molar-refractivity contribution in [1.82, 2.24) is 20.0 Å². The van der Waals surface area contributed by atoms with Crippen LogP contribution in [0.3, 0.4) is 0 Å². The van der Waals surface area contributed by atoms with Crippen LogP contribution >= 0.6 is 0 Å². The Morgan fingerprint density at radius 2 is 2.25 bits per heavy atom. The molecule has 3 heterocycles. The summed E-state index contributed by atoms with van der Waals surface area (Å²) in [5.41, 5.74) is 2.51. The lowest BCUT2D eigenvalue weighted by molar-refractivity contribution is 0.233. The highest BCUT2D eigenvalue weighted by atomic mass is 19.1. The van der Waals surface area contributed by atoms with E-state index in [4.69, 9.17) is 4.52 Å². The Kier molecular flexibility index (Phi) is 3.84. The second kappa shape index (κ2) is 6.02. The number of benzene rings is 1. The second-order valence-corrected chi connectivity index (χ2v) is 6.79. The van der Waals surface area contributed by atoms with Gasteiger partial charge in [-0.3, -0.25) is 4.90 Å². The summed E-state index contributed by atoms with van der Waals surface area (Å²) in [6.07, 6.45) is 2.15. The number of nitrogens with one attached hydrogen (secondary N) is 1. The maximum absolute atomic E-state index is 13.4. The first-order valence-corrected chi connectivity index (χ1v) is 8.45. The minimum Gasteiger partial charge on any atom is -0.361 e. The Morgan fingerprint density at radius 1 is 1.38 bits per heavy atom. The highest BCUT2D eigenvalue weighted by Gasteiger charge is 2.29. The van der Waals surface area contributed by atoms with E-state index in [1.165, 1.54) is 12.1 Å². The van der Waals surface area contributed by atoms with E-state index in [-0.39, 0.29) is 11.9 Å². The van der Waals surface area contributed by atoms with Crippen LogP contribution in [0.2, 0.25) is 0 Å². The van der Waals surface area contributed by atoms with Crippen molar-refractivity contribution in [3.63, 3.8) is 0 Å². The monoisotopic (exact) mass is 328 g/mol. The van der Waals surface area contributed by atoms with Crippen LogP contribution in [0.25, 0.3) is 11.0 Å². The third-order valence-corrected chi connectivity index (χ3v) is 4.65. The van der Waals surface area contributed by atoms with E-state index in [2.05, 4.69) is 33.9 Å².